The van der Waals surface area contributed by atoms with Crippen molar-refractivity contribution < 1.29 is 9.53 Å². The van der Waals surface area contributed by atoms with Crippen molar-refractivity contribution in [3.05, 3.63) is 59.8 Å². The lowest BCUT2D eigenvalue weighted by molar-refractivity contribution is -0.121. The van der Waals surface area contributed by atoms with Crippen LogP contribution in [0, 0.1) is 6.92 Å². The minimum atomic E-state index is 0.0182. The van der Waals surface area contributed by atoms with Crippen molar-refractivity contribution in [2.45, 2.75) is 33.4 Å². The molecular formula is C20H23N3O2. The Morgan fingerprint density at radius 2 is 2.00 bits per heavy atom. The fourth-order valence-corrected chi connectivity index (χ4v) is 2.75. The zero-order valence-corrected chi connectivity index (χ0v) is 14.7. The largest absolute Gasteiger partial charge is 0.494 e. The van der Waals surface area contributed by atoms with Crippen molar-refractivity contribution in [1.29, 1.82) is 0 Å². The van der Waals surface area contributed by atoms with Crippen LogP contribution in [0.3, 0.4) is 0 Å². The summed E-state index contributed by atoms with van der Waals surface area (Å²) in [5.74, 6) is 0.864. The maximum Gasteiger partial charge on any atom is 0.222 e. The van der Waals surface area contributed by atoms with Gasteiger partial charge >= 0.3 is 0 Å². The molecule has 1 amide bonds. The van der Waals surface area contributed by atoms with Gasteiger partial charge in [0.05, 0.1) is 24.9 Å². The predicted octanol–water partition coefficient (Wildman–Crippen LogP) is 3.45. The van der Waals surface area contributed by atoms with Crippen molar-refractivity contribution in [2.75, 3.05) is 6.61 Å². The van der Waals surface area contributed by atoms with Crippen LogP contribution in [0.25, 0.3) is 10.9 Å². The number of carbonyl (C=O) groups is 1. The summed E-state index contributed by atoms with van der Waals surface area (Å²) in [5.41, 5.74) is 3.32. The molecule has 1 N–H and O–H groups in total. The number of benzene rings is 2. The summed E-state index contributed by atoms with van der Waals surface area (Å²) in [6.45, 7) is 5.76. The Kier molecular flexibility index (Phi) is 5.33. The minimum absolute atomic E-state index is 0.0182. The smallest absolute Gasteiger partial charge is 0.222 e. The number of ether oxygens (including phenoxy) is 1. The van der Waals surface area contributed by atoms with Gasteiger partial charge in [-0.1, -0.05) is 23.8 Å². The van der Waals surface area contributed by atoms with Crippen molar-refractivity contribution in [3.63, 3.8) is 0 Å². The second kappa shape index (κ2) is 7.83. The van der Waals surface area contributed by atoms with Gasteiger partial charge in [0.15, 0.2) is 0 Å². The Balaban J connectivity index is 1.50. The summed E-state index contributed by atoms with van der Waals surface area (Å²) < 4.78 is 7.29. The number of nitrogens with one attached hydrogen (secondary N) is 1. The lowest BCUT2D eigenvalue weighted by Gasteiger charge is -2.08. The number of rotatable bonds is 7. The third-order valence-corrected chi connectivity index (χ3v) is 4.07. The van der Waals surface area contributed by atoms with E-state index in [2.05, 4.69) is 35.5 Å². The maximum atomic E-state index is 12.1. The van der Waals surface area contributed by atoms with E-state index in [-0.39, 0.29) is 5.91 Å². The molecule has 1 aromatic heterocycles. The van der Waals surface area contributed by atoms with E-state index in [1.165, 1.54) is 5.56 Å². The molecule has 5 nitrogen and oxygen atoms in total. The van der Waals surface area contributed by atoms with Crippen LogP contribution in [0.4, 0.5) is 0 Å². The van der Waals surface area contributed by atoms with Gasteiger partial charge in [-0.3, -0.25) is 9.48 Å². The molecule has 0 radical (unpaired) electrons. The van der Waals surface area contributed by atoms with Gasteiger partial charge in [0.25, 0.3) is 0 Å². The lowest BCUT2D eigenvalue weighted by atomic mass is 10.2. The summed E-state index contributed by atoms with van der Waals surface area (Å²) in [5, 5.41) is 8.43. The molecule has 0 saturated carbocycles. The number of aryl methyl sites for hydroxylation is 2. The third-order valence-electron chi connectivity index (χ3n) is 4.07. The summed E-state index contributed by atoms with van der Waals surface area (Å²) in [6, 6.07) is 14.0. The van der Waals surface area contributed by atoms with Crippen LogP contribution in [-0.2, 0) is 17.9 Å². The standard InChI is InChI=1S/C20H23N3O2/c1-3-25-18-7-5-16(6-8-18)13-21-20(24)10-11-23-19-9-4-15(2)12-17(19)14-22-23/h4-9,12,14H,3,10-11,13H2,1-2H3,(H,21,24). The first-order valence-corrected chi connectivity index (χ1v) is 8.56. The van der Waals surface area contributed by atoms with E-state index in [4.69, 9.17) is 4.74 Å². The number of hydrogen-bond acceptors (Lipinski definition) is 3. The molecule has 0 fully saturated rings. The van der Waals surface area contributed by atoms with Crippen LogP contribution in [0.5, 0.6) is 5.75 Å². The predicted molar refractivity (Wildman–Crippen MR) is 98.5 cm³/mol. The molecule has 0 atom stereocenters. The number of nitrogens with zero attached hydrogens (tertiary/aromatic N) is 2. The van der Waals surface area contributed by atoms with Crippen molar-refractivity contribution in [3.8, 4) is 5.75 Å². The zero-order valence-electron chi connectivity index (χ0n) is 14.7. The van der Waals surface area contributed by atoms with Crippen molar-refractivity contribution in [2.24, 2.45) is 0 Å². The van der Waals surface area contributed by atoms with E-state index in [1.807, 2.05) is 42.1 Å². The molecular weight excluding hydrogens is 314 g/mol. The average Bonchev–Trinajstić information content (AvgIpc) is 3.01. The van der Waals surface area contributed by atoms with Crippen LogP contribution in [0.1, 0.15) is 24.5 Å². The third kappa shape index (κ3) is 4.38. The number of amides is 1. The average molecular weight is 337 g/mol. The van der Waals surface area contributed by atoms with E-state index in [0.29, 0.717) is 26.1 Å². The van der Waals surface area contributed by atoms with Crippen LogP contribution in [-0.4, -0.2) is 22.3 Å². The van der Waals surface area contributed by atoms with Crippen LogP contribution < -0.4 is 10.1 Å². The van der Waals surface area contributed by atoms with Gasteiger partial charge in [-0.05, 0) is 43.7 Å². The number of hydrogen-bond donors (Lipinski definition) is 1. The number of carbonyl (C=O) groups excluding carboxylic acids is 1. The molecule has 5 heteroatoms. The summed E-state index contributed by atoms with van der Waals surface area (Å²) in [6.07, 6.45) is 2.25. The van der Waals surface area contributed by atoms with Gasteiger partial charge in [0, 0.05) is 18.4 Å². The molecule has 0 bridgehead atoms. The monoisotopic (exact) mass is 337 g/mol. The molecule has 25 heavy (non-hydrogen) atoms. The minimum Gasteiger partial charge on any atom is -0.494 e. The molecule has 3 aromatic rings. The first-order chi connectivity index (χ1) is 12.2. The molecule has 0 aliphatic carbocycles. The fraction of sp³-hybridized carbons (Fsp3) is 0.300. The van der Waals surface area contributed by atoms with Crippen LogP contribution in [0.15, 0.2) is 48.7 Å². The highest BCUT2D eigenvalue weighted by Crippen LogP contribution is 2.15. The van der Waals surface area contributed by atoms with Crippen LogP contribution >= 0.6 is 0 Å². The first-order valence-electron chi connectivity index (χ1n) is 8.56. The van der Waals surface area contributed by atoms with Crippen molar-refractivity contribution >= 4 is 16.8 Å². The van der Waals surface area contributed by atoms with Gasteiger partial charge < -0.3 is 10.1 Å². The molecule has 3 rings (SSSR count). The van der Waals surface area contributed by atoms with Crippen LogP contribution in [0.2, 0.25) is 0 Å². The van der Waals surface area contributed by atoms with Gasteiger partial charge in [-0.2, -0.15) is 5.10 Å². The lowest BCUT2D eigenvalue weighted by Crippen LogP contribution is -2.24. The second-order valence-corrected chi connectivity index (χ2v) is 6.03. The summed E-state index contributed by atoms with van der Waals surface area (Å²) in [7, 11) is 0. The molecule has 2 aromatic carbocycles. The van der Waals surface area contributed by atoms with E-state index in [1.54, 1.807) is 0 Å². The topological polar surface area (TPSA) is 56.1 Å². The molecule has 130 valence electrons. The SMILES string of the molecule is CCOc1ccc(CNC(=O)CCn2ncc3cc(C)ccc32)cc1. The molecule has 0 saturated heterocycles. The van der Waals surface area contributed by atoms with Gasteiger partial charge in [0.2, 0.25) is 5.91 Å². The normalized spacial score (nSPS) is 10.8. The Bertz CT molecular complexity index is 853. The van der Waals surface area contributed by atoms with E-state index >= 15 is 0 Å². The Morgan fingerprint density at radius 3 is 2.76 bits per heavy atom. The highest BCUT2D eigenvalue weighted by Gasteiger charge is 2.06. The molecule has 1 heterocycles. The maximum absolute atomic E-state index is 12.1. The van der Waals surface area contributed by atoms with E-state index < -0.39 is 0 Å². The summed E-state index contributed by atoms with van der Waals surface area (Å²) >= 11 is 0. The zero-order chi connectivity index (χ0) is 17.6. The van der Waals surface area contributed by atoms with Gasteiger partial charge in [0.1, 0.15) is 5.75 Å². The molecule has 0 aliphatic heterocycles. The van der Waals surface area contributed by atoms with Gasteiger partial charge in [-0.15, -0.1) is 0 Å². The molecule has 0 unspecified atom stereocenters. The summed E-state index contributed by atoms with van der Waals surface area (Å²) in [4.78, 5) is 12.1. The van der Waals surface area contributed by atoms with Crippen molar-refractivity contribution in [1.82, 2.24) is 15.1 Å². The number of aromatic nitrogens is 2. The second-order valence-electron chi connectivity index (χ2n) is 6.03. The molecule has 0 aliphatic rings. The quantitative estimate of drug-likeness (QED) is 0.718. The molecule has 0 spiro atoms. The van der Waals surface area contributed by atoms with E-state index in [9.17, 15) is 4.79 Å². The number of fused-ring (bicyclic) bond motifs is 1. The van der Waals surface area contributed by atoms with Gasteiger partial charge in [-0.25, -0.2) is 0 Å². The van der Waals surface area contributed by atoms with E-state index in [0.717, 1.165) is 22.2 Å². The fourth-order valence-electron chi connectivity index (χ4n) is 2.75. The Hall–Kier alpha value is -2.82. The Morgan fingerprint density at radius 1 is 1.20 bits per heavy atom. The Labute approximate surface area is 147 Å². The highest BCUT2D eigenvalue weighted by atomic mass is 16.5. The highest BCUT2D eigenvalue weighted by molar-refractivity contribution is 5.80. The first kappa shape index (κ1) is 17.0.